The summed E-state index contributed by atoms with van der Waals surface area (Å²) in [6.07, 6.45) is 3.49. The molecule has 0 amide bonds. The standard InChI is InChI=1S/C52H44N2/c1-2-3-16-40-25-29-49(30-26-40)54(52-35-33-51(34-36-52)53(47-21-12-6-13-22-47)48-23-14-7-15-24-48)50-31-27-43(28-32-50)46-38-44(41-17-8-4-9-18-41)37-45(39-46)42-19-10-5-11-20-42/h4-15,17-39H,2-3,16H2,1H3. The number of anilines is 6. The van der Waals surface area contributed by atoms with Crippen LogP contribution in [0.2, 0.25) is 0 Å². The molecule has 0 heterocycles. The minimum absolute atomic E-state index is 1.10. The maximum Gasteiger partial charge on any atom is 0.0463 e. The second-order valence-corrected chi connectivity index (χ2v) is 13.7. The number of aryl methyl sites for hydroxylation is 1. The normalized spacial score (nSPS) is 10.9. The molecule has 0 fully saturated rings. The molecule has 2 heteroatoms. The summed E-state index contributed by atoms with van der Waals surface area (Å²) in [5.74, 6) is 0. The van der Waals surface area contributed by atoms with Crippen molar-refractivity contribution in [2.75, 3.05) is 9.80 Å². The Labute approximate surface area is 320 Å². The zero-order chi connectivity index (χ0) is 36.5. The van der Waals surface area contributed by atoms with E-state index in [2.05, 4.69) is 229 Å². The molecule has 0 unspecified atom stereocenters. The van der Waals surface area contributed by atoms with Crippen molar-refractivity contribution < 1.29 is 0 Å². The Bertz CT molecular complexity index is 2270. The highest BCUT2D eigenvalue weighted by molar-refractivity contribution is 5.84. The van der Waals surface area contributed by atoms with Gasteiger partial charge in [-0.2, -0.15) is 0 Å². The van der Waals surface area contributed by atoms with Crippen molar-refractivity contribution in [2.24, 2.45) is 0 Å². The highest BCUT2D eigenvalue weighted by atomic mass is 15.2. The molecule has 262 valence electrons. The van der Waals surface area contributed by atoms with Gasteiger partial charge in [-0.05, 0) is 143 Å². The van der Waals surface area contributed by atoms with Gasteiger partial charge in [0.25, 0.3) is 0 Å². The summed E-state index contributed by atoms with van der Waals surface area (Å²) < 4.78 is 0. The van der Waals surface area contributed by atoms with E-state index in [1.54, 1.807) is 0 Å². The first-order valence-corrected chi connectivity index (χ1v) is 19.0. The van der Waals surface area contributed by atoms with E-state index >= 15 is 0 Å². The summed E-state index contributed by atoms with van der Waals surface area (Å²) in [6.45, 7) is 2.25. The summed E-state index contributed by atoms with van der Waals surface area (Å²) in [5, 5.41) is 0. The third kappa shape index (κ3) is 7.74. The van der Waals surface area contributed by atoms with E-state index in [0.717, 1.165) is 40.5 Å². The van der Waals surface area contributed by atoms with Gasteiger partial charge >= 0.3 is 0 Å². The highest BCUT2D eigenvalue weighted by Crippen LogP contribution is 2.40. The first kappa shape index (κ1) is 34.4. The molecular formula is C52H44N2. The van der Waals surface area contributed by atoms with Gasteiger partial charge in [0, 0.05) is 34.1 Å². The Morgan fingerprint density at radius 2 is 0.593 bits per heavy atom. The second kappa shape index (κ2) is 16.4. The van der Waals surface area contributed by atoms with Crippen LogP contribution in [-0.4, -0.2) is 0 Å². The molecule has 0 aromatic heterocycles. The number of unbranched alkanes of at least 4 members (excludes halogenated alkanes) is 1. The van der Waals surface area contributed by atoms with Crippen molar-refractivity contribution in [3.63, 3.8) is 0 Å². The molecule has 54 heavy (non-hydrogen) atoms. The summed E-state index contributed by atoms with van der Waals surface area (Å²) in [7, 11) is 0. The van der Waals surface area contributed by atoms with E-state index in [1.165, 1.54) is 51.8 Å². The summed E-state index contributed by atoms with van der Waals surface area (Å²) in [4.78, 5) is 4.67. The highest BCUT2D eigenvalue weighted by Gasteiger charge is 2.17. The Kier molecular flexibility index (Phi) is 10.4. The molecule has 0 saturated carbocycles. The number of rotatable bonds is 12. The lowest BCUT2D eigenvalue weighted by atomic mass is 9.93. The van der Waals surface area contributed by atoms with Gasteiger partial charge in [-0.3, -0.25) is 0 Å². The monoisotopic (exact) mass is 696 g/mol. The first-order valence-electron chi connectivity index (χ1n) is 19.0. The zero-order valence-corrected chi connectivity index (χ0v) is 30.7. The molecule has 0 aliphatic carbocycles. The van der Waals surface area contributed by atoms with Gasteiger partial charge < -0.3 is 9.80 Å². The van der Waals surface area contributed by atoms with Gasteiger partial charge in [-0.15, -0.1) is 0 Å². The predicted molar refractivity (Wildman–Crippen MR) is 231 cm³/mol. The topological polar surface area (TPSA) is 6.48 Å². The summed E-state index contributed by atoms with van der Waals surface area (Å²) in [6, 6.07) is 76.5. The second-order valence-electron chi connectivity index (χ2n) is 13.7. The molecule has 8 aromatic carbocycles. The van der Waals surface area contributed by atoms with Crippen molar-refractivity contribution in [2.45, 2.75) is 26.2 Å². The molecule has 0 aliphatic heterocycles. The Hall–Kier alpha value is -6.64. The summed E-state index contributed by atoms with van der Waals surface area (Å²) >= 11 is 0. The average molecular weight is 697 g/mol. The fraction of sp³-hybridized carbons (Fsp3) is 0.0769. The lowest BCUT2D eigenvalue weighted by molar-refractivity contribution is 0.795. The average Bonchev–Trinajstić information content (AvgIpc) is 3.25. The van der Waals surface area contributed by atoms with Crippen molar-refractivity contribution in [1.29, 1.82) is 0 Å². The van der Waals surface area contributed by atoms with Gasteiger partial charge in [-0.25, -0.2) is 0 Å². The van der Waals surface area contributed by atoms with E-state index in [9.17, 15) is 0 Å². The zero-order valence-electron chi connectivity index (χ0n) is 30.7. The lowest BCUT2D eigenvalue weighted by Crippen LogP contribution is -2.12. The molecule has 8 rings (SSSR count). The van der Waals surface area contributed by atoms with Crippen LogP contribution < -0.4 is 9.80 Å². The minimum atomic E-state index is 1.10. The quantitative estimate of drug-likeness (QED) is 0.125. The van der Waals surface area contributed by atoms with Crippen molar-refractivity contribution in [1.82, 2.24) is 0 Å². The molecule has 0 spiro atoms. The van der Waals surface area contributed by atoms with Crippen LogP contribution in [-0.2, 0) is 6.42 Å². The van der Waals surface area contributed by atoms with Crippen LogP contribution >= 0.6 is 0 Å². The third-order valence-electron chi connectivity index (χ3n) is 10.0. The molecule has 0 atom stereocenters. The smallest absolute Gasteiger partial charge is 0.0463 e. The Morgan fingerprint density at radius 1 is 0.296 bits per heavy atom. The molecule has 0 aliphatic rings. The maximum atomic E-state index is 2.36. The van der Waals surface area contributed by atoms with Crippen LogP contribution in [0.3, 0.4) is 0 Å². The lowest BCUT2D eigenvalue weighted by Gasteiger charge is -2.28. The first-order chi connectivity index (χ1) is 26.7. The van der Waals surface area contributed by atoms with Crippen molar-refractivity contribution in [3.05, 3.63) is 218 Å². The number of hydrogen-bond acceptors (Lipinski definition) is 2. The molecule has 2 nitrogen and oxygen atoms in total. The summed E-state index contributed by atoms with van der Waals surface area (Å²) in [5.41, 5.74) is 15.3. The van der Waals surface area contributed by atoms with E-state index in [0.29, 0.717) is 0 Å². The van der Waals surface area contributed by atoms with E-state index < -0.39 is 0 Å². The minimum Gasteiger partial charge on any atom is -0.311 e. The van der Waals surface area contributed by atoms with Crippen LogP contribution in [0.4, 0.5) is 34.1 Å². The fourth-order valence-corrected chi connectivity index (χ4v) is 7.18. The van der Waals surface area contributed by atoms with Gasteiger partial charge in [0.15, 0.2) is 0 Å². The fourth-order valence-electron chi connectivity index (χ4n) is 7.18. The van der Waals surface area contributed by atoms with E-state index in [-0.39, 0.29) is 0 Å². The molecule has 0 bridgehead atoms. The van der Waals surface area contributed by atoms with Crippen LogP contribution in [0, 0.1) is 0 Å². The molecule has 0 N–H and O–H groups in total. The SMILES string of the molecule is CCCCc1ccc(N(c2ccc(-c3cc(-c4ccccc4)cc(-c4ccccc4)c3)cc2)c2ccc(N(c3ccccc3)c3ccccc3)cc2)cc1. The number of para-hydroxylation sites is 2. The van der Waals surface area contributed by atoms with Crippen molar-refractivity contribution >= 4 is 34.1 Å². The molecular weight excluding hydrogens is 653 g/mol. The van der Waals surface area contributed by atoms with Gasteiger partial charge in [-0.1, -0.05) is 135 Å². The van der Waals surface area contributed by atoms with Gasteiger partial charge in [0.2, 0.25) is 0 Å². The number of benzene rings is 8. The molecule has 8 aromatic rings. The Balaban J connectivity index is 1.18. The number of hydrogen-bond donors (Lipinski definition) is 0. The van der Waals surface area contributed by atoms with Crippen LogP contribution in [0.1, 0.15) is 25.3 Å². The van der Waals surface area contributed by atoms with Gasteiger partial charge in [0.05, 0.1) is 0 Å². The third-order valence-corrected chi connectivity index (χ3v) is 10.0. The predicted octanol–water partition coefficient (Wildman–Crippen LogP) is 15.0. The van der Waals surface area contributed by atoms with E-state index in [4.69, 9.17) is 0 Å². The largest absolute Gasteiger partial charge is 0.311 e. The van der Waals surface area contributed by atoms with Gasteiger partial charge in [0.1, 0.15) is 0 Å². The molecule has 0 saturated heterocycles. The maximum absolute atomic E-state index is 2.36. The number of nitrogens with zero attached hydrogens (tertiary/aromatic N) is 2. The van der Waals surface area contributed by atoms with Crippen LogP contribution in [0.5, 0.6) is 0 Å². The van der Waals surface area contributed by atoms with Crippen LogP contribution in [0.25, 0.3) is 33.4 Å². The molecule has 0 radical (unpaired) electrons. The Morgan fingerprint density at radius 3 is 0.963 bits per heavy atom. The van der Waals surface area contributed by atoms with E-state index in [1.807, 2.05) is 0 Å². The van der Waals surface area contributed by atoms with Crippen molar-refractivity contribution in [3.8, 4) is 33.4 Å². The van der Waals surface area contributed by atoms with Crippen LogP contribution in [0.15, 0.2) is 212 Å².